The van der Waals surface area contributed by atoms with Crippen LogP contribution in [0.25, 0.3) is 0 Å². The molecule has 2 N–H and O–H groups in total. The number of halogens is 3. The van der Waals surface area contributed by atoms with E-state index in [0.717, 1.165) is 25.7 Å². The quantitative estimate of drug-likeness (QED) is 0.899. The van der Waals surface area contributed by atoms with Crippen LogP contribution >= 0.6 is 0 Å². The van der Waals surface area contributed by atoms with Gasteiger partial charge in [-0.25, -0.2) is 0 Å². The standard InChI is InChI=1S/C12H17F3N4/c13-12(14,15)7-18-9-1-2-10(18)4-11(3-9)19-6-8(16)5-17-19/h5-6,9-11H,1-4,7,16H2/t9-,10+,11?. The molecule has 1 unspecified atom stereocenters. The van der Waals surface area contributed by atoms with Gasteiger partial charge in [0.2, 0.25) is 0 Å². The molecule has 19 heavy (non-hydrogen) atoms. The molecule has 7 heteroatoms. The molecule has 2 fully saturated rings. The third kappa shape index (κ3) is 2.56. The summed E-state index contributed by atoms with van der Waals surface area (Å²) in [6, 6.07) is 0.228. The minimum Gasteiger partial charge on any atom is -0.396 e. The first-order chi connectivity index (χ1) is 8.92. The fourth-order valence-corrected chi connectivity index (χ4v) is 3.48. The Balaban J connectivity index is 1.71. The van der Waals surface area contributed by atoms with Crippen LogP contribution in [0.2, 0.25) is 0 Å². The molecule has 0 aliphatic carbocycles. The predicted octanol–water partition coefficient (Wildman–Crippen LogP) is 2.20. The van der Waals surface area contributed by atoms with Gasteiger partial charge in [-0.2, -0.15) is 18.3 Å². The van der Waals surface area contributed by atoms with E-state index in [1.54, 1.807) is 17.3 Å². The first-order valence-electron chi connectivity index (χ1n) is 6.54. The first kappa shape index (κ1) is 12.8. The SMILES string of the molecule is Nc1cnn(C2C[C@H]3CC[C@@H](C2)N3CC(F)(F)F)c1. The van der Waals surface area contributed by atoms with Gasteiger partial charge in [-0.1, -0.05) is 0 Å². The van der Waals surface area contributed by atoms with Gasteiger partial charge in [0.15, 0.2) is 0 Å². The van der Waals surface area contributed by atoms with Crippen LogP contribution in [0.3, 0.4) is 0 Å². The van der Waals surface area contributed by atoms with Crippen molar-refractivity contribution in [2.75, 3.05) is 12.3 Å². The van der Waals surface area contributed by atoms with Crippen molar-refractivity contribution in [2.24, 2.45) is 0 Å². The molecule has 2 aliphatic heterocycles. The summed E-state index contributed by atoms with van der Waals surface area (Å²) in [6.07, 6.45) is 2.42. The third-order valence-corrected chi connectivity index (χ3v) is 4.22. The summed E-state index contributed by atoms with van der Waals surface area (Å²) in [5, 5.41) is 4.19. The zero-order valence-corrected chi connectivity index (χ0v) is 10.5. The van der Waals surface area contributed by atoms with E-state index >= 15 is 0 Å². The molecule has 2 aliphatic rings. The molecule has 106 valence electrons. The van der Waals surface area contributed by atoms with E-state index in [1.807, 2.05) is 4.68 Å². The molecule has 0 spiro atoms. The number of fused-ring (bicyclic) bond motifs is 2. The van der Waals surface area contributed by atoms with Crippen molar-refractivity contribution < 1.29 is 13.2 Å². The molecule has 3 heterocycles. The van der Waals surface area contributed by atoms with E-state index in [2.05, 4.69) is 5.10 Å². The number of nitrogen functional groups attached to an aromatic ring is 1. The number of aromatic nitrogens is 2. The molecule has 3 rings (SSSR count). The van der Waals surface area contributed by atoms with Crippen LogP contribution < -0.4 is 5.73 Å². The number of piperidine rings is 1. The molecule has 2 bridgehead atoms. The lowest BCUT2D eigenvalue weighted by atomic mass is 9.97. The van der Waals surface area contributed by atoms with E-state index in [0.29, 0.717) is 5.69 Å². The average molecular weight is 274 g/mol. The van der Waals surface area contributed by atoms with Crippen LogP contribution in [0.4, 0.5) is 18.9 Å². The maximum Gasteiger partial charge on any atom is 0.401 e. The Bertz CT molecular complexity index is 442. The Morgan fingerprint density at radius 1 is 1.21 bits per heavy atom. The van der Waals surface area contributed by atoms with Gasteiger partial charge in [0.1, 0.15) is 0 Å². The van der Waals surface area contributed by atoms with Gasteiger partial charge in [-0.3, -0.25) is 9.58 Å². The van der Waals surface area contributed by atoms with Crippen molar-refractivity contribution >= 4 is 5.69 Å². The molecule has 4 nitrogen and oxygen atoms in total. The Kier molecular flexibility index (Phi) is 2.96. The fourth-order valence-electron chi connectivity index (χ4n) is 3.48. The van der Waals surface area contributed by atoms with Gasteiger partial charge in [-0.15, -0.1) is 0 Å². The predicted molar refractivity (Wildman–Crippen MR) is 64.5 cm³/mol. The van der Waals surface area contributed by atoms with Crippen molar-refractivity contribution in [3.05, 3.63) is 12.4 Å². The summed E-state index contributed by atoms with van der Waals surface area (Å²) < 4.78 is 39.5. The highest BCUT2D eigenvalue weighted by Gasteiger charge is 2.45. The van der Waals surface area contributed by atoms with Gasteiger partial charge in [0, 0.05) is 18.3 Å². The third-order valence-electron chi connectivity index (χ3n) is 4.22. The van der Waals surface area contributed by atoms with Crippen molar-refractivity contribution in [1.29, 1.82) is 0 Å². The lowest BCUT2D eigenvalue weighted by Gasteiger charge is -2.39. The largest absolute Gasteiger partial charge is 0.401 e. The number of nitrogens with two attached hydrogens (primary N) is 1. The number of alkyl halides is 3. The van der Waals surface area contributed by atoms with Crippen molar-refractivity contribution in [2.45, 2.75) is 50.0 Å². The van der Waals surface area contributed by atoms with E-state index in [4.69, 9.17) is 5.73 Å². The fraction of sp³-hybridized carbons (Fsp3) is 0.750. The highest BCUT2D eigenvalue weighted by Crippen LogP contribution is 2.41. The Morgan fingerprint density at radius 3 is 2.32 bits per heavy atom. The lowest BCUT2D eigenvalue weighted by Crippen LogP contribution is -2.47. The molecule has 1 aromatic rings. The van der Waals surface area contributed by atoms with Crippen LogP contribution in [-0.2, 0) is 0 Å². The molecular formula is C12H17F3N4. The van der Waals surface area contributed by atoms with Gasteiger partial charge in [-0.05, 0) is 25.7 Å². The maximum absolute atomic E-state index is 12.6. The summed E-state index contributed by atoms with van der Waals surface area (Å²) in [7, 11) is 0. The van der Waals surface area contributed by atoms with Gasteiger partial charge in [0.05, 0.1) is 24.5 Å². The van der Waals surface area contributed by atoms with Gasteiger partial charge >= 0.3 is 6.18 Å². The summed E-state index contributed by atoms with van der Waals surface area (Å²) in [5.74, 6) is 0. The Labute approximate surface area is 109 Å². The molecule has 1 aromatic heterocycles. The van der Waals surface area contributed by atoms with Crippen LogP contribution in [0.15, 0.2) is 12.4 Å². The second-order valence-electron chi connectivity index (χ2n) is 5.55. The van der Waals surface area contributed by atoms with E-state index in [-0.39, 0.29) is 18.1 Å². The number of anilines is 1. The molecule has 0 saturated carbocycles. The number of nitrogens with zero attached hydrogens (tertiary/aromatic N) is 3. The van der Waals surface area contributed by atoms with E-state index < -0.39 is 12.7 Å². The monoisotopic (exact) mass is 274 g/mol. The highest BCUT2D eigenvalue weighted by molar-refractivity contribution is 5.30. The maximum atomic E-state index is 12.6. The molecule has 3 atom stereocenters. The van der Waals surface area contributed by atoms with Gasteiger partial charge < -0.3 is 5.73 Å². The summed E-state index contributed by atoms with van der Waals surface area (Å²) >= 11 is 0. The van der Waals surface area contributed by atoms with Gasteiger partial charge in [0.25, 0.3) is 0 Å². The lowest BCUT2D eigenvalue weighted by molar-refractivity contribution is -0.156. The second kappa shape index (κ2) is 4.40. The number of hydrogen-bond acceptors (Lipinski definition) is 3. The molecule has 0 radical (unpaired) electrons. The van der Waals surface area contributed by atoms with Crippen molar-refractivity contribution in [1.82, 2.24) is 14.7 Å². The van der Waals surface area contributed by atoms with E-state index in [1.165, 1.54) is 0 Å². The van der Waals surface area contributed by atoms with Crippen LogP contribution in [0.1, 0.15) is 31.7 Å². The minimum absolute atomic E-state index is 0.0239. The highest BCUT2D eigenvalue weighted by atomic mass is 19.4. The van der Waals surface area contributed by atoms with Crippen molar-refractivity contribution in [3.8, 4) is 0 Å². The van der Waals surface area contributed by atoms with Crippen molar-refractivity contribution in [3.63, 3.8) is 0 Å². The molecule has 2 saturated heterocycles. The Morgan fingerprint density at radius 2 is 1.84 bits per heavy atom. The van der Waals surface area contributed by atoms with E-state index in [9.17, 15) is 13.2 Å². The summed E-state index contributed by atoms with van der Waals surface area (Å²) in [6.45, 7) is -0.781. The number of hydrogen-bond donors (Lipinski definition) is 1. The van der Waals surface area contributed by atoms with Crippen LogP contribution in [-0.4, -0.2) is 39.5 Å². The molecular weight excluding hydrogens is 257 g/mol. The van der Waals surface area contributed by atoms with Crippen LogP contribution in [0, 0.1) is 0 Å². The first-order valence-corrected chi connectivity index (χ1v) is 6.54. The Hall–Kier alpha value is -1.24. The second-order valence-corrected chi connectivity index (χ2v) is 5.55. The zero-order valence-electron chi connectivity index (χ0n) is 10.5. The minimum atomic E-state index is -4.11. The average Bonchev–Trinajstić information content (AvgIpc) is 2.80. The van der Waals surface area contributed by atoms with Crippen LogP contribution in [0.5, 0.6) is 0 Å². The summed E-state index contributed by atoms with van der Waals surface area (Å²) in [4.78, 5) is 1.63. The smallest absolute Gasteiger partial charge is 0.396 e. The number of rotatable bonds is 2. The molecule has 0 aromatic carbocycles. The molecule has 0 amide bonds. The summed E-state index contributed by atoms with van der Waals surface area (Å²) in [5.41, 5.74) is 6.24. The topological polar surface area (TPSA) is 47.1 Å². The zero-order chi connectivity index (χ0) is 13.6. The normalized spacial score (nSPS) is 31.8.